The molecule has 22 heavy (non-hydrogen) atoms. The average Bonchev–Trinajstić information content (AvgIpc) is 2.51. The molecule has 0 bridgehead atoms. The van der Waals surface area contributed by atoms with Gasteiger partial charge in [-0.3, -0.25) is 0 Å². The zero-order chi connectivity index (χ0) is 15.3. The standard InChI is InChI=1S/C18H28O4/c1-2-5-17(6-3-1)15-21-13-11-19-9-10-20-12-14-22-16-18-7-4-8-18/h1-3,5-6,18H,4,7-16H2. The van der Waals surface area contributed by atoms with Crippen LogP contribution in [0.4, 0.5) is 0 Å². The second-order valence-electron chi connectivity index (χ2n) is 5.63. The molecule has 1 aliphatic rings. The van der Waals surface area contributed by atoms with Crippen LogP contribution in [-0.2, 0) is 25.6 Å². The molecule has 0 aromatic heterocycles. The lowest BCUT2D eigenvalue weighted by Gasteiger charge is -2.24. The molecule has 0 spiro atoms. The van der Waals surface area contributed by atoms with Gasteiger partial charge in [0.05, 0.1) is 46.2 Å². The maximum atomic E-state index is 5.55. The minimum atomic E-state index is 0.606. The van der Waals surface area contributed by atoms with Crippen LogP contribution in [0, 0.1) is 5.92 Å². The Hall–Kier alpha value is -0.940. The van der Waals surface area contributed by atoms with E-state index in [2.05, 4.69) is 12.1 Å². The summed E-state index contributed by atoms with van der Waals surface area (Å²) in [6, 6.07) is 10.2. The van der Waals surface area contributed by atoms with E-state index < -0.39 is 0 Å². The van der Waals surface area contributed by atoms with Gasteiger partial charge in [-0.25, -0.2) is 0 Å². The van der Waals surface area contributed by atoms with Crippen LogP contribution in [-0.4, -0.2) is 46.2 Å². The predicted molar refractivity (Wildman–Crippen MR) is 85.9 cm³/mol. The third kappa shape index (κ3) is 7.90. The van der Waals surface area contributed by atoms with E-state index in [1.165, 1.54) is 24.8 Å². The molecule has 124 valence electrons. The molecule has 0 unspecified atom stereocenters. The van der Waals surface area contributed by atoms with E-state index in [1.54, 1.807) is 0 Å². The molecule has 1 aromatic carbocycles. The molecule has 4 nitrogen and oxygen atoms in total. The van der Waals surface area contributed by atoms with Gasteiger partial charge in [0.25, 0.3) is 0 Å². The zero-order valence-electron chi connectivity index (χ0n) is 13.4. The quantitative estimate of drug-likeness (QED) is 0.525. The molecule has 0 saturated heterocycles. The van der Waals surface area contributed by atoms with Crippen molar-refractivity contribution in [2.75, 3.05) is 46.2 Å². The number of hydrogen-bond acceptors (Lipinski definition) is 4. The van der Waals surface area contributed by atoms with Crippen LogP contribution in [0.5, 0.6) is 0 Å². The average molecular weight is 308 g/mol. The van der Waals surface area contributed by atoms with Crippen molar-refractivity contribution in [3.8, 4) is 0 Å². The molecular weight excluding hydrogens is 280 g/mol. The van der Waals surface area contributed by atoms with Gasteiger partial charge in [-0.2, -0.15) is 0 Å². The van der Waals surface area contributed by atoms with Gasteiger partial charge < -0.3 is 18.9 Å². The summed E-state index contributed by atoms with van der Waals surface area (Å²) in [6.07, 6.45) is 4.04. The van der Waals surface area contributed by atoms with Crippen LogP contribution in [0.1, 0.15) is 24.8 Å². The van der Waals surface area contributed by atoms with Crippen LogP contribution in [0.3, 0.4) is 0 Å². The van der Waals surface area contributed by atoms with E-state index in [-0.39, 0.29) is 0 Å². The van der Waals surface area contributed by atoms with E-state index in [9.17, 15) is 0 Å². The third-order valence-electron chi connectivity index (χ3n) is 3.81. The normalized spacial score (nSPS) is 14.9. The van der Waals surface area contributed by atoms with Gasteiger partial charge in [0, 0.05) is 6.61 Å². The van der Waals surface area contributed by atoms with Crippen molar-refractivity contribution < 1.29 is 18.9 Å². The van der Waals surface area contributed by atoms with Crippen molar-refractivity contribution in [2.45, 2.75) is 25.9 Å². The van der Waals surface area contributed by atoms with Gasteiger partial charge in [0.1, 0.15) is 0 Å². The van der Waals surface area contributed by atoms with Crippen LogP contribution in [0.2, 0.25) is 0 Å². The summed E-state index contributed by atoms with van der Waals surface area (Å²) in [4.78, 5) is 0. The van der Waals surface area contributed by atoms with Crippen molar-refractivity contribution in [3.05, 3.63) is 35.9 Å². The first kappa shape index (κ1) is 17.4. The Morgan fingerprint density at radius 1 is 0.727 bits per heavy atom. The van der Waals surface area contributed by atoms with Crippen LogP contribution in [0.25, 0.3) is 0 Å². The highest BCUT2D eigenvalue weighted by Crippen LogP contribution is 2.26. The molecule has 1 aromatic rings. The second kappa shape index (κ2) is 11.6. The summed E-state index contributed by atoms with van der Waals surface area (Å²) in [7, 11) is 0. The molecule has 0 heterocycles. The molecule has 0 N–H and O–H groups in total. The number of ether oxygens (including phenoxy) is 4. The Morgan fingerprint density at radius 3 is 1.91 bits per heavy atom. The lowest BCUT2D eigenvalue weighted by Crippen LogP contribution is -2.19. The fraction of sp³-hybridized carbons (Fsp3) is 0.667. The van der Waals surface area contributed by atoms with E-state index >= 15 is 0 Å². The molecular formula is C18H28O4. The maximum Gasteiger partial charge on any atom is 0.0718 e. The van der Waals surface area contributed by atoms with Gasteiger partial charge in [-0.05, 0) is 24.3 Å². The SMILES string of the molecule is c1ccc(COCCOCCOCCOCC2CCC2)cc1. The summed E-state index contributed by atoms with van der Waals surface area (Å²) >= 11 is 0. The first-order valence-electron chi connectivity index (χ1n) is 8.30. The zero-order valence-corrected chi connectivity index (χ0v) is 13.4. The van der Waals surface area contributed by atoms with Gasteiger partial charge >= 0.3 is 0 Å². The predicted octanol–water partition coefficient (Wildman–Crippen LogP) is 3.05. The molecule has 1 fully saturated rings. The Kier molecular flexibility index (Phi) is 9.19. The second-order valence-corrected chi connectivity index (χ2v) is 5.63. The van der Waals surface area contributed by atoms with Gasteiger partial charge in [0.15, 0.2) is 0 Å². The van der Waals surface area contributed by atoms with Gasteiger partial charge in [-0.15, -0.1) is 0 Å². The lowest BCUT2D eigenvalue weighted by atomic mass is 9.86. The number of hydrogen-bond donors (Lipinski definition) is 0. The van der Waals surface area contributed by atoms with E-state index in [0.717, 1.165) is 12.5 Å². The molecule has 0 atom stereocenters. The van der Waals surface area contributed by atoms with Gasteiger partial charge in [0.2, 0.25) is 0 Å². The third-order valence-corrected chi connectivity index (χ3v) is 3.81. The van der Waals surface area contributed by atoms with Crippen molar-refractivity contribution in [1.29, 1.82) is 0 Å². The minimum Gasteiger partial charge on any atom is -0.379 e. The highest BCUT2D eigenvalue weighted by Gasteiger charge is 2.16. The first-order valence-corrected chi connectivity index (χ1v) is 8.30. The lowest BCUT2D eigenvalue weighted by molar-refractivity contribution is -0.0117. The van der Waals surface area contributed by atoms with E-state index in [0.29, 0.717) is 46.2 Å². The topological polar surface area (TPSA) is 36.9 Å². The Labute approximate surface area is 133 Å². The molecule has 1 saturated carbocycles. The van der Waals surface area contributed by atoms with Crippen LogP contribution < -0.4 is 0 Å². The van der Waals surface area contributed by atoms with Crippen molar-refractivity contribution in [2.24, 2.45) is 5.92 Å². The summed E-state index contributed by atoms with van der Waals surface area (Å²) in [6.45, 7) is 5.32. The van der Waals surface area contributed by atoms with E-state index in [4.69, 9.17) is 18.9 Å². The monoisotopic (exact) mass is 308 g/mol. The van der Waals surface area contributed by atoms with Gasteiger partial charge in [-0.1, -0.05) is 36.8 Å². The Balaban J connectivity index is 1.27. The highest BCUT2D eigenvalue weighted by molar-refractivity contribution is 5.13. The molecule has 1 aliphatic carbocycles. The van der Waals surface area contributed by atoms with Crippen molar-refractivity contribution in [1.82, 2.24) is 0 Å². The summed E-state index contributed by atoms with van der Waals surface area (Å²) in [5, 5.41) is 0. The largest absolute Gasteiger partial charge is 0.379 e. The summed E-state index contributed by atoms with van der Waals surface area (Å²) in [5.41, 5.74) is 1.19. The smallest absolute Gasteiger partial charge is 0.0718 e. The first-order chi connectivity index (χ1) is 10.9. The molecule has 0 radical (unpaired) electrons. The maximum absolute atomic E-state index is 5.55. The molecule has 0 aliphatic heterocycles. The molecule has 4 heteroatoms. The Bertz CT molecular complexity index is 365. The summed E-state index contributed by atoms with van der Waals surface area (Å²) in [5.74, 6) is 0.805. The number of benzene rings is 1. The number of rotatable bonds is 13. The highest BCUT2D eigenvalue weighted by atomic mass is 16.6. The fourth-order valence-electron chi connectivity index (χ4n) is 2.23. The van der Waals surface area contributed by atoms with Crippen LogP contribution in [0.15, 0.2) is 30.3 Å². The van der Waals surface area contributed by atoms with Crippen molar-refractivity contribution in [3.63, 3.8) is 0 Å². The fourth-order valence-corrected chi connectivity index (χ4v) is 2.23. The minimum absolute atomic E-state index is 0.606. The van der Waals surface area contributed by atoms with Crippen molar-refractivity contribution >= 4 is 0 Å². The summed E-state index contributed by atoms with van der Waals surface area (Å²) < 4.78 is 22.0. The Morgan fingerprint density at radius 2 is 1.32 bits per heavy atom. The molecule has 2 rings (SSSR count). The van der Waals surface area contributed by atoms with E-state index in [1.807, 2.05) is 18.2 Å². The van der Waals surface area contributed by atoms with Crippen LogP contribution >= 0.6 is 0 Å². The molecule has 0 amide bonds.